The second-order valence-electron chi connectivity index (χ2n) is 6.60. The van der Waals surface area contributed by atoms with Crippen LogP contribution in [0.4, 0.5) is 5.69 Å². The number of anilines is 1. The van der Waals surface area contributed by atoms with Gasteiger partial charge in [-0.15, -0.1) is 0 Å². The first kappa shape index (κ1) is 20.0. The Bertz CT molecular complexity index is 1160. The third-order valence-electron chi connectivity index (χ3n) is 4.50. The van der Waals surface area contributed by atoms with Crippen LogP contribution in [0, 0.1) is 0 Å². The van der Waals surface area contributed by atoms with Gasteiger partial charge in [-0.25, -0.2) is 0 Å². The normalized spacial score (nSPS) is 13.9. The van der Waals surface area contributed by atoms with Gasteiger partial charge in [0, 0.05) is 22.2 Å². The van der Waals surface area contributed by atoms with Crippen molar-refractivity contribution >= 4 is 46.8 Å². The van der Waals surface area contributed by atoms with E-state index in [0.717, 1.165) is 11.1 Å². The quantitative estimate of drug-likeness (QED) is 0.543. The molecule has 7 heteroatoms. The van der Waals surface area contributed by atoms with Gasteiger partial charge in [-0.2, -0.15) is 0 Å². The summed E-state index contributed by atoms with van der Waals surface area (Å²) in [5.74, 6) is -0.0706. The topological polar surface area (TPSA) is 67.4 Å². The second-order valence-corrected chi connectivity index (χ2v) is 7.44. The molecule has 0 aromatic heterocycles. The highest BCUT2D eigenvalue weighted by molar-refractivity contribution is 6.31. The average molecular weight is 439 g/mol. The molecule has 0 fully saturated rings. The van der Waals surface area contributed by atoms with Crippen molar-refractivity contribution in [1.29, 1.82) is 0 Å². The maximum atomic E-state index is 12.5. The third kappa shape index (κ3) is 4.48. The molecule has 0 spiro atoms. The summed E-state index contributed by atoms with van der Waals surface area (Å²) >= 11 is 12.0. The van der Waals surface area contributed by atoms with Gasteiger partial charge in [0.05, 0.1) is 5.69 Å². The maximum absolute atomic E-state index is 12.5. The minimum absolute atomic E-state index is 0.153. The van der Waals surface area contributed by atoms with E-state index in [2.05, 4.69) is 10.6 Å². The highest BCUT2D eigenvalue weighted by Crippen LogP contribution is 2.32. The van der Waals surface area contributed by atoms with E-state index in [-0.39, 0.29) is 11.7 Å². The molecule has 5 nitrogen and oxygen atoms in total. The number of halogens is 2. The first-order valence-corrected chi connectivity index (χ1v) is 9.87. The summed E-state index contributed by atoms with van der Waals surface area (Å²) in [6.45, 7) is 0.298. The Morgan fingerprint density at radius 1 is 1.03 bits per heavy atom. The first-order chi connectivity index (χ1) is 14.5. The summed E-state index contributed by atoms with van der Waals surface area (Å²) in [4.78, 5) is 24.9. The van der Waals surface area contributed by atoms with Crippen molar-refractivity contribution in [3.8, 4) is 5.75 Å². The van der Waals surface area contributed by atoms with Gasteiger partial charge < -0.3 is 15.4 Å². The Morgan fingerprint density at radius 3 is 2.57 bits per heavy atom. The molecule has 0 radical (unpaired) electrons. The van der Waals surface area contributed by atoms with Crippen LogP contribution in [0.15, 0.2) is 72.5 Å². The van der Waals surface area contributed by atoms with Gasteiger partial charge in [-0.05, 0) is 53.6 Å². The molecule has 3 aromatic rings. The minimum atomic E-state index is -0.397. The van der Waals surface area contributed by atoms with Crippen molar-refractivity contribution in [2.45, 2.75) is 6.54 Å². The van der Waals surface area contributed by atoms with Crippen LogP contribution in [0.5, 0.6) is 5.75 Å². The molecule has 1 aliphatic heterocycles. The Labute approximate surface area is 183 Å². The highest BCUT2D eigenvalue weighted by Gasteiger charge is 2.23. The molecule has 30 heavy (non-hydrogen) atoms. The van der Waals surface area contributed by atoms with Gasteiger partial charge in [-0.1, -0.05) is 53.5 Å². The molecule has 150 valence electrons. The molecule has 0 saturated carbocycles. The van der Waals surface area contributed by atoms with Crippen LogP contribution in [0.25, 0.3) is 6.08 Å². The van der Waals surface area contributed by atoms with Gasteiger partial charge in [-0.3, -0.25) is 9.59 Å². The molecule has 2 N–H and O–H groups in total. The lowest BCUT2D eigenvalue weighted by molar-refractivity contribution is -0.115. The number of hydrogen-bond acceptors (Lipinski definition) is 3. The van der Waals surface area contributed by atoms with Crippen LogP contribution in [0.3, 0.4) is 0 Å². The van der Waals surface area contributed by atoms with E-state index in [1.165, 1.54) is 0 Å². The van der Waals surface area contributed by atoms with E-state index in [9.17, 15) is 9.59 Å². The maximum Gasteiger partial charge on any atom is 0.291 e. The molecule has 1 heterocycles. The van der Waals surface area contributed by atoms with E-state index >= 15 is 0 Å². The predicted octanol–water partition coefficient (Wildman–Crippen LogP) is 5.30. The lowest BCUT2D eigenvalue weighted by Crippen LogP contribution is -2.26. The van der Waals surface area contributed by atoms with E-state index in [1.807, 2.05) is 18.2 Å². The second kappa shape index (κ2) is 8.61. The summed E-state index contributed by atoms with van der Waals surface area (Å²) in [6, 6.07) is 19.2. The molecule has 0 saturated heterocycles. The predicted molar refractivity (Wildman–Crippen MR) is 118 cm³/mol. The zero-order chi connectivity index (χ0) is 21.1. The summed E-state index contributed by atoms with van der Waals surface area (Å²) in [6.07, 6.45) is 1.62. The SMILES string of the molecule is O=C1Nc2cc(C(=O)NCc3ccccc3Cl)ccc2O/C1=C\c1ccc(Cl)cc1. The number of carbonyl (C=O) groups is 2. The Hall–Kier alpha value is -3.28. The number of amides is 2. The van der Waals surface area contributed by atoms with Crippen molar-refractivity contribution in [3.05, 3.63) is 99.2 Å². The molecule has 0 bridgehead atoms. The molecule has 0 aliphatic carbocycles. The highest BCUT2D eigenvalue weighted by atomic mass is 35.5. The smallest absolute Gasteiger partial charge is 0.291 e. The van der Waals surface area contributed by atoms with Gasteiger partial charge in [0.15, 0.2) is 11.5 Å². The molecular formula is C23H16Cl2N2O3. The number of carbonyl (C=O) groups excluding carboxylic acids is 2. The number of benzene rings is 3. The average Bonchev–Trinajstić information content (AvgIpc) is 2.74. The molecule has 4 rings (SSSR count). The molecule has 2 amide bonds. The number of nitrogens with one attached hydrogen (secondary N) is 2. The van der Waals surface area contributed by atoms with Crippen molar-refractivity contribution in [1.82, 2.24) is 5.32 Å². The van der Waals surface area contributed by atoms with Crippen LogP contribution in [-0.4, -0.2) is 11.8 Å². The summed E-state index contributed by atoms with van der Waals surface area (Å²) in [5.41, 5.74) is 2.43. The van der Waals surface area contributed by atoms with Crippen molar-refractivity contribution in [2.24, 2.45) is 0 Å². The molecule has 3 aromatic carbocycles. The van der Waals surface area contributed by atoms with E-state index in [4.69, 9.17) is 27.9 Å². The van der Waals surface area contributed by atoms with Crippen molar-refractivity contribution in [3.63, 3.8) is 0 Å². The lowest BCUT2D eigenvalue weighted by atomic mass is 10.1. The minimum Gasteiger partial charge on any atom is -0.449 e. The fourth-order valence-electron chi connectivity index (χ4n) is 2.93. The summed E-state index contributed by atoms with van der Waals surface area (Å²) < 4.78 is 5.73. The number of ether oxygens (including phenoxy) is 1. The molecular weight excluding hydrogens is 423 g/mol. The van der Waals surface area contributed by atoms with Gasteiger partial charge >= 0.3 is 0 Å². The first-order valence-electron chi connectivity index (χ1n) is 9.12. The third-order valence-corrected chi connectivity index (χ3v) is 5.12. The number of fused-ring (bicyclic) bond motifs is 1. The lowest BCUT2D eigenvalue weighted by Gasteiger charge is -2.20. The summed E-state index contributed by atoms with van der Waals surface area (Å²) in [7, 11) is 0. The van der Waals surface area contributed by atoms with Gasteiger partial charge in [0.2, 0.25) is 0 Å². The standard InChI is InChI=1S/C23H16Cl2N2O3/c24-17-8-5-14(6-9-17)11-21-23(29)27-19-12-15(7-10-20(19)30-21)22(28)26-13-16-3-1-2-4-18(16)25/h1-12H,13H2,(H,26,28)(H,27,29)/b21-11-. The number of rotatable bonds is 4. The van der Waals surface area contributed by atoms with Gasteiger partial charge in [0.1, 0.15) is 0 Å². The molecule has 0 atom stereocenters. The van der Waals surface area contributed by atoms with Crippen LogP contribution < -0.4 is 15.4 Å². The van der Waals surface area contributed by atoms with Crippen molar-refractivity contribution < 1.29 is 14.3 Å². The summed E-state index contributed by atoms with van der Waals surface area (Å²) in [5, 5.41) is 6.78. The monoisotopic (exact) mass is 438 g/mol. The fourth-order valence-corrected chi connectivity index (χ4v) is 3.26. The Kier molecular flexibility index (Phi) is 5.74. The van der Waals surface area contributed by atoms with E-state index in [1.54, 1.807) is 54.6 Å². The van der Waals surface area contributed by atoms with Crippen LogP contribution in [0.1, 0.15) is 21.5 Å². The fraction of sp³-hybridized carbons (Fsp3) is 0.0435. The molecule has 0 unspecified atom stereocenters. The largest absolute Gasteiger partial charge is 0.449 e. The Morgan fingerprint density at radius 2 is 1.80 bits per heavy atom. The number of hydrogen-bond donors (Lipinski definition) is 2. The zero-order valence-electron chi connectivity index (χ0n) is 15.6. The Balaban J connectivity index is 1.48. The molecule has 1 aliphatic rings. The van der Waals surface area contributed by atoms with E-state index < -0.39 is 5.91 Å². The van der Waals surface area contributed by atoms with Crippen LogP contribution >= 0.6 is 23.2 Å². The van der Waals surface area contributed by atoms with E-state index in [0.29, 0.717) is 33.6 Å². The van der Waals surface area contributed by atoms with Crippen LogP contribution in [0.2, 0.25) is 10.0 Å². The van der Waals surface area contributed by atoms with Crippen molar-refractivity contribution in [2.75, 3.05) is 5.32 Å². The van der Waals surface area contributed by atoms with Crippen LogP contribution in [-0.2, 0) is 11.3 Å². The zero-order valence-corrected chi connectivity index (χ0v) is 17.1. The van der Waals surface area contributed by atoms with Gasteiger partial charge in [0.25, 0.3) is 11.8 Å².